The smallest absolute Gasteiger partial charge is 0.226 e. The Morgan fingerprint density at radius 3 is 2.21 bits per heavy atom. The van der Waals surface area contributed by atoms with Crippen LogP contribution in [0, 0.1) is 12.8 Å². The number of benzene rings is 1. The highest BCUT2D eigenvalue weighted by molar-refractivity contribution is 6.04. The Morgan fingerprint density at radius 1 is 1.21 bits per heavy atom. The van der Waals surface area contributed by atoms with Crippen molar-refractivity contribution >= 4 is 23.7 Å². The number of aliphatic imine (C=N–C) groups is 1. The fourth-order valence-electron chi connectivity index (χ4n) is 2.39. The number of rotatable bonds is 9. The fraction of sp³-hybridized carbons (Fsp3) is 0.444. The number of unbranched alkanes of at least 4 members (excludes halogenated alkanes) is 1. The number of aryl methyl sites for hydroxylation is 1. The molecule has 0 aromatic heterocycles. The van der Waals surface area contributed by atoms with Crippen LogP contribution in [-0.2, 0) is 9.59 Å². The molecule has 190 valence electrons. The van der Waals surface area contributed by atoms with Gasteiger partial charge in [-0.3, -0.25) is 14.6 Å². The molecule has 1 aromatic carbocycles. The number of phenols is 1. The van der Waals surface area contributed by atoms with Crippen LogP contribution < -0.4 is 11.5 Å². The number of allylic oxidation sites excluding steroid dienone is 3. The van der Waals surface area contributed by atoms with E-state index in [-0.39, 0.29) is 11.4 Å². The first-order valence-corrected chi connectivity index (χ1v) is 11.7. The highest BCUT2D eigenvalue weighted by Gasteiger charge is 2.19. The number of hydrogen-bond donors (Lipinski definition) is 3. The number of nitrogens with zero attached hydrogens (tertiary/aromatic N) is 2. The van der Waals surface area contributed by atoms with Gasteiger partial charge in [-0.25, -0.2) is 0 Å². The molecule has 0 fully saturated rings. The first-order valence-electron chi connectivity index (χ1n) is 11.7. The highest BCUT2D eigenvalue weighted by Crippen LogP contribution is 2.29. The molecule has 1 atom stereocenters. The molecule has 0 saturated heterocycles. The van der Waals surface area contributed by atoms with Crippen molar-refractivity contribution in [1.82, 2.24) is 4.90 Å². The van der Waals surface area contributed by atoms with E-state index >= 15 is 0 Å². The number of aromatic hydroxyl groups is 1. The lowest BCUT2D eigenvalue weighted by molar-refractivity contribution is -0.120. The Kier molecular flexibility index (Phi) is 17.5. The molecule has 0 heterocycles. The fourth-order valence-corrected chi connectivity index (χ4v) is 2.39. The summed E-state index contributed by atoms with van der Waals surface area (Å²) in [5, 5.41) is 9.91. The van der Waals surface area contributed by atoms with Gasteiger partial charge in [0.25, 0.3) is 0 Å². The molecule has 0 spiro atoms. The summed E-state index contributed by atoms with van der Waals surface area (Å²) < 4.78 is 0. The Morgan fingerprint density at radius 2 is 1.76 bits per heavy atom. The standard InChI is InChI=1S/C21H28N4O3.C4H10.C2H6/c1-6-16(9-10-25(5)12-26)15(4)24-20(19(22)14(3)21(23)28)18-11-17(27)8-7-13(18)2;1-3-4-2;1-2/h6-12,14,27H,22H2,1-5H3,(H2,23,28);3-4H2,1-2H3;1-2H3/b10-9-,16-6+,20-19+,24-15+;;. The quantitative estimate of drug-likeness (QED) is 0.257. The van der Waals surface area contributed by atoms with E-state index in [1.807, 2.05) is 33.8 Å². The van der Waals surface area contributed by atoms with E-state index in [1.165, 1.54) is 17.7 Å². The zero-order chi connectivity index (χ0) is 26.8. The first kappa shape index (κ1) is 32.8. The van der Waals surface area contributed by atoms with E-state index in [9.17, 15) is 14.7 Å². The van der Waals surface area contributed by atoms with Crippen molar-refractivity contribution < 1.29 is 14.7 Å². The zero-order valence-electron chi connectivity index (χ0n) is 22.3. The van der Waals surface area contributed by atoms with Crippen LogP contribution in [-0.4, -0.2) is 35.1 Å². The second-order valence-electron chi connectivity index (χ2n) is 7.46. The maximum absolute atomic E-state index is 11.7. The van der Waals surface area contributed by atoms with Gasteiger partial charge in [-0.05, 0) is 57.0 Å². The molecule has 1 unspecified atom stereocenters. The van der Waals surface area contributed by atoms with E-state index in [0.717, 1.165) is 11.1 Å². The molecule has 0 aliphatic rings. The average Bonchev–Trinajstić information content (AvgIpc) is 2.84. The molecule has 7 heteroatoms. The van der Waals surface area contributed by atoms with E-state index in [4.69, 9.17) is 11.5 Å². The van der Waals surface area contributed by atoms with Crippen LogP contribution in [0.4, 0.5) is 0 Å². The van der Waals surface area contributed by atoms with Gasteiger partial charge in [0.1, 0.15) is 5.75 Å². The monoisotopic (exact) mass is 472 g/mol. The van der Waals surface area contributed by atoms with Gasteiger partial charge in [0.05, 0.1) is 11.6 Å². The summed E-state index contributed by atoms with van der Waals surface area (Å²) in [4.78, 5) is 28.5. The van der Waals surface area contributed by atoms with Crippen LogP contribution >= 0.6 is 0 Å². The molecule has 1 rings (SSSR count). The molecule has 2 amide bonds. The van der Waals surface area contributed by atoms with E-state index < -0.39 is 11.8 Å². The molecule has 0 bridgehead atoms. The lowest BCUT2D eigenvalue weighted by Gasteiger charge is -2.16. The molecule has 0 aliphatic carbocycles. The third-order valence-electron chi connectivity index (χ3n) is 4.81. The first-order chi connectivity index (χ1) is 16.0. The summed E-state index contributed by atoms with van der Waals surface area (Å²) in [5.41, 5.74) is 15.1. The highest BCUT2D eigenvalue weighted by atomic mass is 16.3. The summed E-state index contributed by atoms with van der Waals surface area (Å²) in [7, 11) is 1.62. The summed E-state index contributed by atoms with van der Waals surface area (Å²) in [6, 6.07) is 4.86. The van der Waals surface area contributed by atoms with Crippen LogP contribution in [0.5, 0.6) is 5.75 Å². The molecule has 0 aliphatic heterocycles. The van der Waals surface area contributed by atoms with E-state index in [2.05, 4.69) is 18.8 Å². The van der Waals surface area contributed by atoms with Gasteiger partial charge >= 0.3 is 0 Å². The van der Waals surface area contributed by atoms with Gasteiger partial charge in [0.15, 0.2) is 0 Å². The zero-order valence-corrected chi connectivity index (χ0v) is 22.3. The minimum atomic E-state index is -0.737. The number of carbonyl (C=O) groups excluding carboxylic acids is 2. The third-order valence-corrected chi connectivity index (χ3v) is 4.81. The number of primary amides is 1. The molecule has 0 saturated carbocycles. The second kappa shape index (κ2) is 18.1. The Hall–Kier alpha value is -3.35. The molecule has 5 N–H and O–H groups in total. The van der Waals surface area contributed by atoms with Gasteiger partial charge in [-0.1, -0.05) is 52.7 Å². The topological polar surface area (TPSA) is 122 Å². The number of nitrogens with two attached hydrogens (primary N) is 2. The second-order valence-corrected chi connectivity index (χ2v) is 7.46. The van der Waals surface area contributed by atoms with Crippen LogP contribution in [0.15, 0.2) is 52.8 Å². The minimum Gasteiger partial charge on any atom is -0.508 e. The number of carbonyl (C=O) groups is 2. The van der Waals surface area contributed by atoms with Crippen molar-refractivity contribution in [3.05, 3.63) is 58.9 Å². The van der Waals surface area contributed by atoms with Gasteiger partial charge in [-0.15, -0.1) is 0 Å². The Bertz CT molecular complexity index is 897. The number of amides is 2. The van der Waals surface area contributed by atoms with Crippen molar-refractivity contribution in [3.63, 3.8) is 0 Å². The van der Waals surface area contributed by atoms with Crippen molar-refractivity contribution in [2.45, 2.75) is 68.2 Å². The molecular formula is C27H44N4O3. The van der Waals surface area contributed by atoms with Crippen molar-refractivity contribution in [2.24, 2.45) is 22.4 Å². The van der Waals surface area contributed by atoms with Gasteiger partial charge in [0.2, 0.25) is 12.3 Å². The van der Waals surface area contributed by atoms with Gasteiger partial charge in [0, 0.05) is 30.2 Å². The molecule has 34 heavy (non-hydrogen) atoms. The van der Waals surface area contributed by atoms with Crippen molar-refractivity contribution in [3.8, 4) is 5.75 Å². The molecule has 7 nitrogen and oxygen atoms in total. The van der Waals surface area contributed by atoms with E-state index in [0.29, 0.717) is 23.4 Å². The molecule has 1 aromatic rings. The van der Waals surface area contributed by atoms with Crippen LogP contribution in [0.2, 0.25) is 0 Å². The summed E-state index contributed by atoms with van der Waals surface area (Å²) in [6.07, 6.45) is 8.52. The minimum absolute atomic E-state index is 0.0595. The van der Waals surface area contributed by atoms with Crippen LogP contribution in [0.1, 0.15) is 72.4 Å². The lowest BCUT2D eigenvalue weighted by atomic mass is 9.98. The van der Waals surface area contributed by atoms with Gasteiger partial charge in [-0.2, -0.15) is 0 Å². The normalized spacial score (nSPS) is 13.1. The predicted octanol–water partition coefficient (Wildman–Crippen LogP) is 5.29. The Labute approximate surface area is 205 Å². The summed E-state index contributed by atoms with van der Waals surface area (Å²) in [6.45, 7) is 15.5. The maximum atomic E-state index is 11.7. The third kappa shape index (κ3) is 11.5. The molecule has 0 radical (unpaired) electrons. The van der Waals surface area contributed by atoms with Crippen molar-refractivity contribution in [2.75, 3.05) is 7.05 Å². The number of phenolic OH excluding ortho intramolecular Hbond substituents is 1. The van der Waals surface area contributed by atoms with Crippen LogP contribution in [0.25, 0.3) is 5.70 Å². The average molecular weight is 473 g/mol. The van der Waals surface area contributed by atoms with Crippen molar-refractivity contribution in [1.29, 1.82) is 0 Å². The van der Waals surface area contributed by atoms with Gasteiger partial charge < -0.3 is 21.5 Å². The Balaban J connectivity index is 0. The predicted molar refractivity (Wildman–Crippen MR) is 144 cm³/mol. The maximum Gasteiger partial charge on any atom is 0.226 e. The summed E-state index contributed by atoms with van der Waals surface area (Å²) >= 11 is 0. The largest absolute Gasteiger partial charge is 0.508 e. The molecular weight excluding hydrogens is 428 g/mol. The lowest BCUT2D eigenvalue weighted by Crippen LogP contribution is -2.26. The van der Waals surface area contributed by atoms with Crippen LogP contribution in [0.3, 0.4) is 0 Å². The SMILES string of the molecule is C/C=C(\C=C/N(C)C=O)C(/C)=N/C(=C(/N)C(C)C(N)=O)c1cc(O)ccc1C.CC.CCCC. The van der Waals surface area contributed by atoms with E-state index in [1.54, 1.807) is 51.4 Å². The number of hydrogen-bond acceptors (Lipinski definition) is 5. The summed E-state index contributed by atoms with van der Waals surface area (Å²) in [5.74, 6) is -1.25.